The standard InChI is InChI=1S/C16H21N5O/c22-16(19-14-5-8-17-9-6-14)13-20-10-2-1-4-15(20)12-21-11-3-7-18-21/h3,5-9,11,15H,1-2,4,10,12-13H2,(H,17,19,22)/t15-/m1/s1. The van der Waals surface area contributed by atoms with Gasteiger partial charge in [-0.1, -0.05) is 6.42 Å². The third-order valence-corrected chi connectivity index (χ3v) is 4.02. The zero-order valence-electron chi connectivity index (χ0n) is 12.6. The van der Waals surface area contributed by atoms with E-state index >= 15 is 0 Å². The first-order chi connectivity index (χ1) is 10.8. The Hall–Kier alpha value is -2.21. The lowest BCUT2D eigenvalue weighted by Gasteiger charge is -2.35. The van der Waals surface area contributed by atoms with Gasteiger partial charge in [0.25, 0.3) is 0 Å². The van der Waals surface area contributed by atoms with E-state index in [1.807, 2.05) is 16.9 Å². The molecule has 0 spiro atoms. The van der Waals surface area contributed by atoms with Crippen LogP contribution in [0.15, 0.2) is 43.0 Å². The van der Waals surface area contributed by atoms with Gasteiger partial charge in [-0.3, -0.25) is 19.4 Å². The van der Waals surface area contributed by atoms with Crippen LogP contribution in [0, 0.1) is 0 Å². The highest BCUT2D eigenvalue weighted by Gasteiger charge is 2.24. The monoisotopic (exact) mass is 299 g/mol. The van der Waals surface area contributed by atoms with Crippen molar-refractivity contribution in [1.29, 1.82) is 0 Å². The van der Waals surface area contributed by atoms with Crippen LogP contribution in [0.4, 0.5) is 5.69 Å². The summed E-state index contributed by atoms with van der Waals surface area (Å²) >= 11 is 0. The summed E-state index contributed by atoms with van der Waals surface area (Å²) in [6, 6.07) is 5.91. The molecule has 2 aromatic rings. The van der Waals surface area contributed by atoms with Crippen LogP contribution in [0.1, 0.15) is 19.3 Å². The number of carbonyl (C=O) groups is 1. The van der Waals surface area contributed by atoms with Crippen molar-refractivity contribution in [2.45, 2.75) is 31.8 Å². The number of nitrogens with zero attached hydrogens (tertiary/aromatic N) is 4. The summed E-state index contributed by atoms with van der Waals surface area (Å²) in [6.45, 7) is 2.24. The maximum absolute atomic E-state index is 12.2. The molecule has 3 rings (SSSR count). The van der Waals surface area contributed by atoms with Gasteiger partial charge in [0.2, 0.25) is 5.91 Å². The van der Waals surface area contributed by atoms with Crippen LogP contribution in [0.5, 0.6) is 0 Å². The molecule has 1 saturated heterocycles. The van der Waals surface area contributed by atoms with E-state index in [1.54, 1.807) is 30.7 Å². The number of nitrogens with one attached hydrogen (secondary N) is 1. The molecule has 0 radical (unpaired) electrons. The van der Waals surface area contributed by atoms with Crippen LogP contribution >= 0.6 is 0 Å². The molecule has 1 fully saturated rings. The van der Waals surface area contributed by atoms with Gasteiger partial charge in [-0.2, -0.15) is 5.10 Å². The van der Waals surface area contributed by atoms with Gasteiger partial charge in [0.1, 0.15) is 0 Å². The van der Waals surface area contributed by atoms with E-state index in [2.05, 4.69) is 20.3 Å². The van der Waals surface area contributed by atoms with Gasteiger partial charge in [-0.05, 0) is 37.6 Å². The summed E-state index contributed by atoms with van der Waals surface area (Å²) in [5, 5.41) is 7.20. The zero-order chi connectivity index (χ0) is 15.2. The van der Waals surface area contributed by atoms with Gasteiger partial charge in [-0.25, -0.2) is 0 Å². The lowest BCUT2D eigenvalue weighted by atomic mass is 10.0. The normalized spacial score (nSPS) is 19.0. The maximum Gasteiger partial charge on any atom is 0.238 e. The van der Waals surface area contributed by atoms with Crippen LogP contribution in [-0.4, -0.2) is 44.7 Å². The van der Waals surface area contributed by atoms with Crippen molar-refractivity contribution in [2.75, 3.05) is 18.4 Å². The van der Waals surface area contributed by atoms with Crippen molar-refractivity contribution >= 4 is 11.6 Å². The Balaban J connectivity index is 1.57. The van der Waals surface area contributed by atoms with Crippen molar-refractivity contribution in [2.24, 2.45) is 0 Å². The number of pyridine rings is 1. The molecular weight excluding hydrogens is 278 g/mol. The second-order valence-electron chi connectivity index (χ2n) is 5.63. The molecule has 1 aliphatic heterocycles. The Morgan fingerprint density at radius 3 is 2.91 bits per heavy atom. The molecule has 3 heterocycles. The smallest absolute Gasteiger partial charge is 0.238 e. The number of hydrogen-bond donors (Lipinski definition) is 1. The van der Waals surface area contributed by atoms with Gasteiger partial charge in [0.15, 0.2) is 0 Å². The lowest BCUT2D eigenvalue weighted by molar-refractivity contribution is -0.118. The van der Waals surface area contributed by atoms with Crippen molar-refractivity contribution in [1.82, 2.24) is 19.7 Å². The predicted octanol–water partition coefficient (Wildman–Crippen LogP) is 1.77. The molecule has 1 aliphatic rings. The van der Waals surface area contributed by atoms with Crippen LogP contribution in [-0.2, 0) is 11.3 Å². The molecule has 0 saturated carbocycles. The molecule has 1 N–H and O–H groups in total. The first kappa shape index (κ1) is 14.7. The van der Waals surface area contributed by atoms with E-state index in [0.717, 1.165) is 31.6 Å². The average Bonchev–Trinajstić information content (AvgIpc) is 3.03. The van der Waals surface area contributed by atoms with E-state index < -0.39 is 0 Å². The predicted molar refractivity (Wildman–Crippen MR) is 84.3 cm³/mol. The zero-order valence-corrected chi connectivity index (χ0v) is 12.6. The van der Waals surface area contributed by atoms with Crippen molar-refractivity contribution < 1.29 is 4.79 Å². The molecule has 0 unspecified atom stereocenters. The van der Waals surface area contributed by atoms with Gasteiger partial charge in [-0.15, -0.1) is 0 Å². The fraction of sp³-hybridized carbons (Fsp3) is 0.438. The molecule has 116 valence electrons. The number of likely N-dealkylation sites (tertiary alicyclic amines) is 1. The average molecular weight is 299 g/mol. The van der Waals surface area contributed by atoms with Gasteiger partial charge in [0, 0.05) is 36.5 Å². The maximum atomic E-state index is 12.2. The summed E-state index contributed by atoms with van der Waals surface area (Å²) < 4.78 is 1.95. The van der Waals surface area contributed by atoms with Gasteiger partial charge >= 0.3 is 0 Å². The van der Waals surface area contributed by atoms with E-state index in [0.29, 0.717) is 12.6 Å². The molecule has 0 bridgehead atoms. The summed E-state index contributed by atoms with van der Waals surface area (Å²) in [7, 11) is 0. The largest absolute Gasteiger partial charge is 0.325 e. The summed E-state index contributed by atoms with van der Waals surface area (Å²) in [6.07, 6.45) is 10.6. The van der Waals surface area contributed by atoms with Gasteiger partial charge < -0.3 is 5.32 Å². The van der Waals surface area contributed by atoms with E-state index in [-0.39, 0.29) is 5.91 Å². The van der Waals surface area contributed by atoms with Crippen LogP contribution in [0.3, 0.4) is 0 Å². The molecule has 0 aliphatic carbocycles. The SMILES string of the molecule is O=C(CN1CCCC[C@@H]1Cn1cccn1)Nc1ccncc1. The second kappa shape index (κ2) is 7.17. The first-order valence-corrected chi connectivity index (χ1v) is 7.72. The number of aromatic nitrogens is 3. The highest BCUT2D eigenvalue weighted by atomic mass is 16.2. The summed E-state index contributed by atoms with van der Waals surface area (Å²) in [4.78, 5) is 18.4. The Morgan fingerprint density at radius 1 is 1.27 bits per heavy atom. The van der Waals surface area contributed by atoms with E-state index in [9.17, 15) is 4.79 Å². The minimum atomic E-state index is 0.0264. The topological polar surface area (TPSA) is 63.1 Å². The Kier molecular flexibility index (Phi) is 4.80. The van der Waals surface area contributed by atoms with Crippen molar-refractivity contribution in [3.05, 3.63) is 43.0 Å². The fourth-order valence-corrected chi connectivity index (χ4v) is 2.92. The molecule has 6 heteroatoms. The number of piperidine rings is 1. The molecule has 22 heavy (non-hydrogen) atoms. The summed E-state index contributed by atoms with van der Waals surface area (Å²) in [5.41, 5.74) is 0.792. The fourth-order valence-electron chi connectivity index (χ4n) is 2.92. The molecule has 1 atom stereocenters. The minimum Gasteiger partial charge on any atom is -0.325 e. The third kappa shape index (κ3) is 3.92. The third-order valence-electron chi connectivity index (χ3n) is 4.02. The highest BCUT2D eigenvalue weighted by molar-refractivity contribution is 5.92. The quantitative estimate of drug-likeness (QED) is 0.914. The minimum absolute atomic E-state index is 0.0264. The Labute approximate surface area is 130 Å². The molecular formula is C16H21N5O. The second-order valence-corrected chi connectivity index (χ2v) is 5.63. The van der Waals surface area contributed by atoms with Gasteiger partial charge in [0.05, 0.1) is 13.1 Å². The van der Waals surface area contributed by atoms with Crippen LogP contribution in [0.2, 0.25) is 0 Å². The Bertz CT molecular complexity index is 584. The number of amides is 1. The number of carbonyl (C=O) groups excluding carboxylic acids is 1. The van der Waals surface area contributed by atoms with Crippen molar-refractivity contribution in [3.63, 3.8) is 0 Å². The van der Waals surface area contributed by atoms with Crippen LogP contribution < -0.4 is 5.32 Å². The molecule has 2 aromatic heterocycles. The Morgan fingerprint density at radius 2 is 2.14 bits per heavy atom. The van der Waals surface area contributed by atoms with E-state index in [1.165, 1.54) is 6.42 Å². The van der Waals surface area contributed by atoms with Crippen LogP contribution in [0.25, 0.3) is 0 Å². The lowest BCUT2D eigenvalue weighted by Crippen LogP contribution is -2.46. The number of hydrogen-bond acceptors (Lipinski definition) is 4. The molecule has 0 aromatic carbocycles. The molecule has 1 amide bonds. The van der Waals surface area contributed by atoms with E-state index in [4.69, 9.17) is 0 Å². The highest BCUT2D eigenvalue weighted by Crippen LogP contribution is 2.18. The number of anilines is 1. The summed E-state index contributed by atoms with van der Waals surface area (Å²) in [5.74, 6) is 0.0264. The number of rotatable bonds is 5. The first-order valence-electron chi connectivity index (χ1n) is 7.72. The van der Waals surface area contributed by atoms with Crippen molar-refractivity contribution in [3.8, 4) is 0 Å². The molecule has 6 nitrogen and oxygen atoms in total.